The zero-order chi connectivity index (χ0) is 21.9. The fraction of sp³-hybridized carbons (Fsp3) is 0.704. The average molecular weight is 437 g/mol. The van der Waals surface area contributed by atoms with Gasteiger partial charge in [-0.05, 0) is 50.2 Å². The van der Waals surface area contributed by atoms with Gasteiger partial charge in [0.2, 0.25) is 5.91 Å². The van der Waals surface area contributed by atoms with Crippen molar-refractivity contribution >= 4 is 16.9 Å². The Bertz CT molecular complexity index is 906. The fourth-order valence-electron chi connectivity index (χ4n) is 6.44. The minimum atomic E-state index is 0.192. The number of likely N-dealkylation sites (tertiary alicyclic amines) is 2. The highest BCUT2D eigenvalue weighted by Crippen LogP contribution is 2.35. The molecule has 0 bridgehead atoms. The molecule has 5 heteroatoms. The number of rotatable bonds is 4. The summed E-state index contributed by atoms with van der Waals surface area (Å²) in [7, 11) is 0. The first-order valence-corrected chi connectivity index (χ1v) is 13.1. The third-order valence-corrected chi connectivity index (χ3v) is 8.29. The molecule has 1 amide bonds. The number of aromatic nitrogens is 2. The Morgan fingerprint density at radius 2 is 1.66 bits per heavy atom. The van der Waals surface area contributed by atoms with Crippen molar-refractivity contribution in [3.63, 3.8) is 0 Å². The first kappa shape index (κ1) is 21.9. The van der Waals surface area contributed by atoms with Gasteiger partial charge in [0.25, 0.3) is 0 Å². The van der Waals surface area contributed by atoms with Gasteiger partial charge < -0.3 is 14.4 Å². The predicted molar refractivity (Wildman–Crippen MR) is 130 cm³/mol. The minimum Gasteiger partial charge on any atom is -0.342 e. The first-order chi connectivity index (χ1) is 15.7. The standard InChI is InChI=1S/C27H40N4O/c1-21(32)30-18-13-23(20-30)27-28-25-11-7-8-12-26(25)31(27)24-14-16-29(17-15-24)19-22-9-5-3-2-4-6-10-22/h7-8,11-12,22-24H,2-6,9-10,13-20H2,1H3. The summed E-state index contributed by atoms with van der Waals surface area (Å²) >= 11 is 0. The van der Waals surface area contributed by atoms with E-state index in [1.165, 1.54) is 88.8 Å². The van der Waals surface area contributed by atoms with Crippen molar-refractivity contribution in [2.45, 2.75) is 83.1 Å². The van der Waals surface area contributed by atoms with Gasteiger partial charge in [0.1, 0.15) is 5.82 Å². The molecular formula is C27H40N4O. The third-order valence-electron chi connectivity index (χ3n) is 8.29. The maximum absolute atomic E-state index is 11.9. The monoisotopic (exact) mass is 436 g/mol. The molecule has 0 radical (unpaired) electrons. The summed E-state index contributed by atoms with van der Waals surface area (Å²) in [6.07, 6.45) is 13.5. The van der Waals surface area contributed by atoms with Gasteiger partial charge in [-0.15, -0.1) is 0 Å². The van der Waals surface area contributed by atoms with Gasteiger partial charge in [0.15, 0.2) is 0 Å². The average Bonchev–Trinajstić information content (AvgIpc) is 3.41. The summed E-state index contributed by atoms with van der Waals surface area (Å²) in [5, 5.41) is 0. The summed E-state index contributed by atoms with van der Waals surface area (Å²) in [5.74, 6) is 2.68. The van der Waals surface area contributed by atoms with Crippen LogP contribution in [0.15, 0.2) is 24.3 Å². The number of benzene rings is 1. The summed E-state index contributed by atoms with van der Waals surface area (Å²) in [4.78, 5) is 21.8. The van der Waals surface area contributed by atoms with Gasteiger partial charge >= 0.3 is 0 Å². The zero-order valence-corrected chi connectivity index (χ0v) is 19.8. The number of carbonyl (C=O) groups excluding carboxylic acids is 1. The van der Waals surface area contributed by atoms with Crippen molar-refractivity contribution in [3.8, 4) is 0 Å². The number of hydrogen-bond acceptors (Lipinski definition) is 3. The fourth-order valence-corrected chi connectivity index (χ4v) is 6.44. The van der Waals surface area contributed by atoms with Crippen molar-refractivity contribution in [1.29, 1.82) is 0 Å². The highest BCUT2D eigenvalue weighted by Gasteiger charge is 2.32. The number of para-hydroxylation sites is 2. The molecule has 5 rings (SSSR count). The number of fused-ring (bicyclic) bond motifs is 1. The van der Waals surface area contributed by atoms with Gasteiger partial charge in [-0.1, -0.05) is 44.2 Å². The van der Waals surface area contributed by atoms with Crippen molar-refractivity contribution in [2.24, 2.45) is 5.92 Å². The van der Waals surface area contributed by atoms with Crippen LogP contribution >= 0.6 is 0 Å². The molecule has 1 aliphatic carbocycles. The lowest BCUT2D eigenvalue weighted by Crippen LogP contribution is -2.38. The number of hydrogen-bond donors (Lipinski definition) is 0. The lowest BCUT2D eigenvalue weighted by atomic mass is 9.90. The molecule has 3 fully saturated rings. The van der Waals surface area contributed by atoms with E-state index in [-0.39, 0.29) is 5.91 Å². The summed E-state index contributed by atoms with van der Waals surface area (Å²) in [6.45, 7) is 7.09. The Morgan fingerprint density at radius 3 is 2.38 bits per heavy atom. The van der Waals surface area contributed by atoms with E-state index in [1.54, 1.807) is 6.92 Å². The quantitative estimate of drug-likeness (QED) is 0.647. The maximum Gasteiger partial charge on any atom is 0.219 e. The van der Waals surface area contributed by atoms with Crippen molar-refractivity contribution in [3.05, 3.63) is 30.1 Å². The number of imidazole rings is 1. The zero-order valence-electron chi connectivity index (χ0n) is 19.8. The maximum atomic E-state index is 11.9. The molecule has 2 aliphatic heterocycles. The Balaban J connectivity index is 1.29. The molecule has 174 valence electrons. The molecule has 5 nitrogen and oxygen atoms in total. The molecule has 2 aromatic rings. The van der Waals surface area contributed by atoms with Gasteiger partial charge in [0, 0.05) is 51.6 Å². The molecule has 1 aromatic heterocycles. The molecular weight excluding hydrogens is 396 g/mol. The topological polar surface area (TPSA) is 41.4 Å². The Labute approximate surface area is 193 Å². The smallest absolute Gasteiger partial charge is 0.219 e. The van der Waals surface area contributed by atoms with Crippen LogP contribution in [0.3, 0.4) is 0 Å². The van der Waals surface area contributed by atoms with Gasteiger partial charge in [-0.25, -0.2) is 4.98 Å². The number of nitrogens with zero attached hydrogens (tertiary/aromatic N) is 4. The van der Waals surface area contributed by atoms with Crippen LogP contribution in [0.4, 0.5) is 0 Å². The molecule has 2 saturated heterocycles. The third kappa shape index (κ3) is 4.73. The molecule has 32 heavy (non-hydrogen) atoms. The van der Waals surface area contributed by atoms with E-state index < -0.39 is 0 Å². The first-order valence-electron chi connectivity index (χ1n) is 13.1. The van der Waals surface area contributed by atoms with Crippen molar-refractivity contribution in [1.82, 2.24) is 19.4 Å². The SMILES string of the molecule is CC(=O)N1CCC(c2nc3ccccc3n2C2CCN(CC3CCCCCCC3)CC2)C1. The Kier molecular flexibility index (Phi) is 6.82. The second-order valence-corrected chi connectivity index (χ2v) is 10.5. The predicted octanol–water partition coefficient (Wildman–Crippen LogP) is 5.37. The molecule has 1 atom stereocenters. The van der Waals surface area contributed by atoms with Crippen LogP contribution in [-0.2, 0) is 4.79 Å². The van der Waals surface area contributed by atoms with E-state index in [2.05, 4.69) is 33.7 Å². The van der Waals surface area contributed by atoms with Crippen molar-refractivity contribution < 1.29 is 4.79 Å². The highest BCUT2D eigenvalue weighted by molar-refractivity contribution is 5.76. The Hall–Kier alpha value is -1.88. The van der Waals surface area contributed by atoms with E-state index in [1.807, 2.05) is 4.90 Å². The van der Waals surface area contributed by atoms with E-state index in [4.69, 9.17) is 4.98 Å². The summed E-state index contributed by atoms with van der Waals surface area (Å²) in [6, 6.07) is 9.15. The molecule has 1 aromatic carbocycles. The number of amides is 1. The second-order valence-electron chi connectivity index (χ2n) is 10.5. The second kappa shape index (κ2) is 9.94. The minimum absolute atomic E-state index is 0.192. The van der Waals surface area contributed by atoms with Crippen molar-refractivity contribution in [2.75, 3.05) is 32.7 Å². The van der Waals surface area contributed by atoms with Gasteiger partial charge in [0.05, 0.1) is 11.0 Å². The molecule has 0 spiro atoms. The Morgan fingerprint density at radius 1 is 0.938 bits per heavy atom. The largest absolute Gasteiger partial charge is 0.342 e. The van der Waals surface area contributed by atoms with Crippen LogP contribution in [0.5, 0.6) is 0 Å². The molecule has 3 heterocycles. The number of carbonyl (C=O) groups is 1. The molecule has 3 aliphatic rings. The lowest BCUT2D eigenvalue weighted by molar-refractivity contribution is -0.127. The van der Waals surface area contributed by atoms with E-state index >= 15 is 0 Å². The van der Waals surface area contributed by atoms with Crippen LogP contribution in [0.2, 0.25) is 0 Å². The van der Waals surface area contributed by atoms with Crippen LogP contribution in [0.25, 0.3) is 11.0 Å². The molecule has 1 saturated carbocycles. The normalized spacial score (nSPS) is 24.7. The summed E-state index contributed by atoms with van der Waals surface area (Å²) in [5.41, 5.74) is 2.39. The number of piperidine rings is 1. The van der Waals surface area contributed by atoms with E-state index in [0.717, 1.165) is 30.9 Å². The van der Waals surface area contributed by atoms with Gasteiger partial charge in [-0.3, -0.25) is 4.79 Å². The van der Waals surface area contributed by atoms with Crippen LogP contribution < -0.4 is 0 Å². The molecule has 1 unspecified atom stereocenters. The van der Waals surface area contributed by atoms with Crippen LogP contribution in [0, 0.1) is 5.92 Å². The van der Waals surface area contributed by atoms with Crippen LogP contribution in [-0.4, -0.2) is 58.0 Å². The molecule has 0 N–H and O–H groups in total. The highest BCUT2D eigenvalue weighted by atomic mass is 16.2. The summed E-state index contributed by atoms with van der Waals surface area (Å²) < 4.78 is 2.57. The van der Waals surface area contributed by atoms with E-state index in [9.17, 15) is 4.79 Å². The van der Waals surface area contributed by atoms with Gasteiger partial charge in [-0.2, -0.15) is 0 Å². The van der Waals surface area contributed by atoms with E-state index in [0.29, 0.717) is 12.0 Å². The lowest BCUT2D eigenvalue weighted by Gasteiger charge is -2.36. The van der Waals surface area contributed by atoms with Crippen LogP contribution in [0.1, 0.15) is 88.9 Å².